The van der Waals surface area contributed by atoms with Crippen LogP contribution in [-0.2, 0) is 14.2 Å². The Kier molecular flexibility index (Phi) is 6.73. The van der Waals surface area contributed by atoms with E-state index in [9.17, 15) is 0 Å². The van der Waals surface area contributed by atoms with Crippen molar-refractivity contribution in [3.05, 3.63) is 42.5 Å². The maximum absolute atomic E-state index is 6.08. The van der Waals surface area contributed by atoms with E-state index in [0.29, 0.717) is 64.4 Å². The first-order valence-corrected chi connectivity index (χ1v) is 10.2. The van der Waals surface area contributed by atoms with Gasteiger partial charge >= 0.3 is 0 Å². The summed E-state index contributed by atoms with van der Waals surface area (Å²) in [5.74, 6) is 1.38. The van der Waals surface area contributed by atoms with Crippen LogP contribution in [0.1, 0.15) is 0 Å². The molecule has 6 nitrogen and oxygen atoms in total. The van der Waals surface area contributed by atoms with E-state index in [2.05, 4.69) is 6.07 Å². The number of para-hydroxylation sites is 2. The van der Waals surface area contributed by atoms with Gasteiger partial charge in [0.1, 0.15) is 18.2 Å². The maximum Gasteiger partial charge on any atom is 0.171 e. The van der Waals surface area contributed by atoms with Crippen LogP contribution in [0.25, 0.3) is 20.8 Å². The highest BCUT2D eigenvalue weighted by molar-refractivity contribution is 7.21. The van der Waals surface area contributed by atoms with E-state index in [4.69, 9.17) is 28.7 Å². The molecule has 3 aromatic rings. The Bertz CT molecular complexity index is 864. The molecular formula is C21H23NO5S. The predicted molar refractivity (Wildman–Crippen MR) is 109 cm³/mol. The molecular weight excluding hydrogens is 378 g/mol. The third kappa shape index (κ3) is 4.80. The van der Waals surface area contributed by atoms with Crippen molar-refractivity contribution < 1.29 is 23.7 Å². The molecule has 0 aliphatic carbocycles. The lowest BCUT2D eigenvalue weighted by atomic mass is 10.2. The minimum absolute atomic E-state index is 0.425. The van der Waals surface area contributed by atoms with Crippen LogP contribution in [0.2, 0.25) is 0 Å². The van der Waals surface area contributed by atoms with Crippen molar-refractivity contribution in [1.29, 1.82) is 0 Å². The van der Waals surface area contributed by atoms with Crippen LogP contribution < -0.4 is 9.47 Å². The van der Waals surface area contributed by atoms with Gasteiger partial charge in [-0.1, -0.05) is 18.2 Å². The average Bonchev–Trinajstić information content (AvgIpc) is 3.15. The molecule has 0 bridgehead atoms. The van der Waals surface area contributed by atoms with Crippen LogP contribution in [0.15, 0.2) is 42.5 Å². The monoisotopic (exact) mass is 401 g/mol. The van der Waals surface area contributed by atoms with Gasteiger partial charge in [-0.2, -0.15) is 0 Å². The summed E-state index contributed by atoms with van der Waals surface area (Å²) >= 11 is 1.64. The van der Waals surface area contributed by atoms with E-state index >= 15 is 0 Å². The second-order valence-corrected chi connectivity index (χ2v) is 7.18. The normalized spacial score (nSPS) is 17.0. The summed E-state index contributed by atoms with van der Waals surface area (Å²) in [4.78, 5) is 4.77. The molecule has 2 heterocycles. The molecule has 0 saturated carbocycles. The molecule has 0 spiro atoms. The number of hydrogen-bond acceptors (Lipinski definition) is 7. The molecule has 0 saturated heterocycles. The molecule has 1 aliphatic heterocycles. The summed E-state index contributed by atoms with van der Waals surface area (Å²) < 4.78 is 29.7. The highest BCUT2D eigenvalue weighted by atomic mass is 32.1. The Morgan fingerprint density at radius 3 is 2.11 bits per heavy atom. The largest absolute Gasteiger partial charge is 0.487 e. The lowest BCUT2D eigenvalue weighted by Gasteiger charge is -2.15. The Morgan fingerprint density at radius 2 is 1.36 bits per heavy atom. The van der Waals surface area contributed by atoms with Crippen molar-refractivity contribution in [2.75, 3.05) is 52.9 Å². The van der Waals surface area contributed by atoms with Crippen LogP contribution in [-0.4, -0.2) is 57.8 Å². The summed E-state index contributed by atoms with van der Waals surface area (Å²) in [7, 11) is 0. The highest BCUT2D eigenvalue weighted by Gasteiger charge is 2.16. The first-order chi connectivity index (χ1) is 13.9. The van der Waals surface area contributed by atoms with Crippen LogP contribution in [0.4, 0.5) is 0 Å². The van der Waals surface area contributed by atoms with Crippen molar-refractivity contribution in [2.45, 2.75) is 0 Å². The minimum Gasteiger partial charge on any atom is -0.487 e. The van der Waals surface area contributed by atoms with E-state index in [1.54, 1.807) is 11.3 Å². The zero-order chi connectivity index (χ0) is 19.0. The molecule has 0 N–H and O–H groups in total. The fourth-order valence-electron chi connectivity index (χ4n) is 2.89. The molecule has 4 rings (SSSR count). The van der Waals surface area contributed by atoms with Gasteiger partial charge in [-0.25, -0.2) is 4.98 Å². The number of fused-ring (bicyclic) bond motifs is 2. The molecule has 0 fully saturated rings. The van der Waals surface area contributed by atoms with E-state index in [0.717, 1.165) is 20.8 Å². The number of benzene rings is 2. The van der Waals surface area contributed by atoms with E-state index in [-0.39, 0.29) is 0 Å². The third-order valence-electron chi connectivity index (χ3n) is 4.21. The first kappa shape index (κ1) is 19.1. The molecule has 0 unspecified atom stereocenters. The molecule has 1 aliphatic rings. The van der Waals surface area contributed by atoms with Crippen LogP contribution in [0.5, 0.6) is 11.5 Å². The number of nitrogens with zero attached hydrogens (tertiary/aromatic N) is 1. The van der Waals surface area contributed by atoms with E-state index in [1.165, 1.54) is 0 Å². The summed E-state index contributed by atoms with van der Waals surface area (Å²) in [6, 6.07) is 14.0. The topological polar surface area (TPSA) is 59.0 Å². The standard InChI is InChI=1S/C21H23NO5S/c1-2-7-19-17(5-1)22-21(28-19)16-4-3-6-18-20(16)27-15-13-25-11-9-23-8-10-24-12-14-26-18/h1-7H,8-15H2. The second kappa shape index (κ2) is 9.84. The summed E-state index contributed by atoms with van der Waals surface area (Å²) in [6.45, 7) is 4.01. The molecule has 0 radical (unpaired) electrons. The summed E-state index contributed by atoms with van der Waals surface area (Å²) in [5.41, 5.74) is 1.90. The Balaban J connectivity index is 1.61. The van der Waals surface area contributed by atoms with Gasteiger partial charge in [0.05, 0.1) is 55.4 Å². The van der Waals surface area contributed by atoms with Crippen molar-refractivity contribution in [1.82, 2.24) is 4.98 Å². The summed E-state index contributed by atoms with van der Waals surface area (Å²) in [6.07, 6.45) is 0. The number of hydrogen-bond donors (Lipinski definition) is 0. The lowest BCUT2D eigenvalue weighted by Crippen LogP contribution is -2.13. The van der Waals surface area contributed by atoms with Crippen LogP contribution in [0, 0.1) is 0 Å². The van der Waals surface area contributed by atoms with Gasteiger partial charge in [-0.15, -0.1) is 11.3 Å². The molecule has 1 aromatic heterocycles. The van der Waals surface area contributed by atoms with Gasteiger partial charge in [0.15, 0.2) is 11.5 Å². The van der Waals surface area contributed by atoms with Crippen molar-refractivity contribution in [3.8, 4) is 22.1 Å². The zero-order valence-electron chi connectivity index (χ0n) is 15.6. The predicted octanol–water partition coefficient (Wildman–Crippen LogP) is 3.78. The van der Waals surface area contributed by atoms with Crippen LogP contribution in [0.3, 0.4) is 0 Å². The maximum atomic E-state index is 6.08. The van der Waals surface area contributed by atoms with Crippen molar-refractivity contribution in [2.24, 2.45) is 0 Å². The average molecular weight is 401 g/mol. The van der Waals surface area contributed by atoms with Gasteiger partial charge in [-0.05, 0) is 24.3 Å². The van der Waals surface area contributed by atoms with Gasteiger partial charge in [0.2, 0.25) is 0 Å². The SMILES string of the molecule is c1cc2c(c(-c3nc4ccccc4s3)c1)OCCOCCOCCOCCO2. The van der Waals surface area contributed by atoms with Crippen molar-refractivity contribution in [3.63, 3.8) is 0 Å². The highest BCUT2D eigenvalue weighted by Crippen LogP contribution is 2.41. The third-order valence-corrected chi connectivity index (χ3v) is 5.28. The molecule has 28 heavy (non-hydrogen) atoms. The number of rotatable bonds is 1. The van der Waals surface area contributed by atoms with Gasteiger partial charge in [0.25, 0.3) is 0 Å². The van der Waals surface area contributed by atoms with Gasteiger partial charge < -0.3 is 23.7 Å². The van der Waals surface area contributed by atoms with E-state index < -0.39 is 0 Å². The Morgan fingerprint density at radius 1 is 0.679 bits per heavy atom. The Hall–Kier alpha value is -2.19. The second-order valence-electron chi connectivity index (χ2n) is 6.15. The smallest absolute Gasteiger partial charge is 0.171 e. The lowest BCUT2D eigenvalue weighted by molar-refractivity contribution is 0.00709. The number of thiazole rings is 1. The minimum atomic E-state index is 0.425. The molecule has 148 valence electrons. The van der Waals surface area contributed by atoms with Crippen molar-refractivity contribution >= 4 is 21.6 Å². The fourth-order valence-corrected chi connectivity index (χ4v) is 3.88. The number of aromatic nitrogens is 1. The molecule has 7 heteroatoms. The summed E-state index contributed by atoms with van der Waals surface area (Å²) in [5, 5.41) is 0.908. The molecule has 0 amide bonds. The molecule has 2 aromatic carbocycles. The zero-order valence-corrected chi connectivity index (χ0v) is 16.4. The number of ether oxygens (including phenoxy) is 5. The van der Waals surface area contributed by atoms with Gasteiger partial charge in [-0.3, -0.25) is 0 Å². The van der Waals surface area contributed by atoms with Gasteiger partial charge in [0, 0.05) is 0 Å². The quantitative estimate of drug-likeness (QED) is 0.618. The fraction of sp³-hybridized carbons (Fsp3) is 0.381. The Labute approximate surface area is 168 Å². The van der Waals surface area contributed by atoms with E-state index in [1.807, 2.05) is 36.4 Å². The first-order valence-electron chi connectivity index (χ1n) is 9.39. The molecule has 0 atom stereocenters. The van der Waals surface area contributed by atoms with Crippen LogP contribution >= 0.6 is 11.3 Å².